The third kappa shape index (κ3) is 2.78. The normalized spacial score (nSPS) is 11.8. The molecule has 1 unspecified atom stereocenters. The number of imidazole rings is 1. The number of pyridine rings is 1. The average molecular weight is 343 g/mol. The highest BCUT2D eigenvalue weighted by molar-refractivity contribution is 5.89. The number of aromatic amines is 1. The second kappa shape index (κ2) is 6.49. The molecule has 0 bridgehead atoms. The minimum absolute atomic E-state index is 0.487. The molecule has 4 rings (SSSR count). The maximum absolute atomic E-state index is 12.4. The quantitative estimate of drug-likeness (QED) is 0.594. The summed E-state index contributed by atoms with van der Waals surface area (Å²) < 4.78 is 1.17. The van der Waals surface area contributed by atoms with E-state index in [2.05, 4.69) is 31.4 Å². The van der Waals surface area contributed by atoms with Crippen molar-refractivity contribution in [1.29, 1.82) is 5.26 Å². The van der Waals surface area contributed by atoms with Crippen LogP contribution in [0.25, 0.3) is 22.3 Å². The highest BCUT2D eigenvalue weighted by atomic mass is 16.2. The van der Waals surface area contributed by atoms with Crippen LogP contribution >= 0.6 is 0 Å². The van der Waals surface area contributed by atoms with Crippen LogP contribution in [-0.4, -0.2) is 30.8 Å². The number of nitrogens with zero attached hydrogens (tertiary/aromatic N) is 5. The van der Waals surface area contributed by atoms with Gasteiger partial charge in [-0.15, -0.1) is 0 Å². The second-order valence-electron chi connectivity index (χ2n) is 5.55. The molecule has 3 aromatic heterocycles. The Labute approximate surface area is 148 Å². The number of nitrogens with one attached hydrogen (secondary N) is 2. The van der Waals surface area contributed by atoms with Gasteiger partial charge in [0, 0.05) is 23.5 Å². The number of hydrogen-bond acceptors (Lipinski definition) is 5. The number of H-pyrrole nitrogens is 1. The van der Waals surface area contributed by atoms with Crippen molar-refractivity contribution < 1.29 is 4.79 Å². The van der Waals surface area contributed by atoms with Crippen LogP contribution in [0, 0.1) is 11.3 Å². The molecule has 0 fully saturated rings. The van der Waals surface area contributed by atoms with Gasteiger partial charge in [-0.05, 0) is 11.6 Å². The van der Waals surface area contributed by atoms with E-state index >= 15 is 0 Å². The third-order valence-corrected chi connectivity index (χ3v) is 3.95. The average Bonchev–Trinajstić information content (AvgIpc) is 3.35. The third-order valence-electron chi connectivity index (χ3n) is 3.95. The lowest BCUT2D eigenvalue weighted by Crippen LogP contribution is -2.32. The smallest absolute Gasteiger partial charge is 0.329 e. The van der Waals surface area contributed by atoms with E-state index in [1.165, 1.54) is 4.68 Å². The number of carbonyl (C=O) groups excluding carboxylic acids is 1. The summed E-state index contributed by atoms with van der Waals surface area (Å²) in [6.45, 7) is 0. The maximum Gasteiger partial charge on any atom is 0.343 e. The highest BCUT2D eigenvalue weighted by Crippen LogP contribution is 2.24. The van der Waals surface area contributed by atoms with Gasteiger partial charge in [0.1, 0.15) is 11.6 Å². The molecule has 126 valence electrons. The molecule has 0 aliphatic heterocycles. The van der Waals surface area contributed by atoms with Crippen molar-refractivity contribution in [3.63, 3.8) is 0 Å². The Morgan fingerprint density at radius 1 is 1.23 bits per heavy atom. The van der Waals surface area contributed by atoms with Crippen molar-refractivity contribution in [2.45, 2.75) is 6.04 Å². The van der Waals surface area contributed by atoms with E-state index in [0.29, 0.717) is 16.7 Å². The summed E-state index contributed by atoms with van der Waals surface area (Å²) in [4.78, 5) is 23.8. The first kappa shape index (κ1) is 15.5. The molecule has 0 saturated carbocycles. The van der Waals surface area contributed by atoms with E-state index in [9.17, 15) is 10.1 Å². The second-order valence-corrected chi connectivity index (χ2v) is 5.55. The number of hydrogen-bond donors (Lipinski definition) is 2. The Hall–Kier alpha value is -3.99. The minimum atomic E-state index is -0.754. The van der Waals surface area contributed by atoms with E-state index in [-0.39, 0.29) is 0 Å². The van der Waals surface area contributed by atoms with Gasteiger partial charge >= 0.3 is 6.03 Å². The van der Waals surface area contributed by atoms with Crippen LogP contribution in [0.5, 0.6) is 0 Å². The minimum Gasteiger partial charge on any atom is -0.329 e. The Kier molecular flexibility index (Phi) is 3.88. The molecule has 3 heterocycles. The molecule has 0 spiro atoms. The van der Waals surface area contributed by atoms with Gasteiger partial charge < -0.3 is 10.3 Å². The summed E-state index contributed by atoms with van der Waals surface area (Å²) in [5.41, 5.74) is 3.62. The summed E-state index contributed by atoms with van der Waals surface area (Å²) in [6.07, 6.45) is 6.40. The fourth-order valence-electron chi connectivity index (χ4n) is 2.68. The molecule has 26 heavy (non-hydrogen) atoms. The molecular weight excluding hydrogens is 330 g/mol. The van der Waals surface area contributed by atoms with Gasteiger partial charge in [-0.25, -0.2) is 14.8 Å². The van der Waals surface area contributed by atoms with Crippen molar-refractivity contribution in [3.05, 3.63) is 66.9 Å². The Bertz CT molecular complexity index is 1110. The standard InChI is InChI=1S/C18H13N7O/c19-8-15(12-4-2-1-3-5-12)24-18(26)25-10-13(9-23-25)14-6-7-20-17-16(14)21-11-22-17/h1-7,9-11,15H,(H,24,26)(H,20,21,22). The van der Waals surface area contributed by atoms with Crippen molar-refractivity contribution in [2.24, 2.45) is 0 Å². The van der Waals surface area contributed by atoms with Gasteiger partial charge in [-0.2, -0.15) is 15.0 Å². The summed E-state index contributed by atoms with van der Waals surface area (Å²) >= 11 is 0. The molecule has 1 atom stereocenters. The summed E-state index contributed by atoms with van der Waals surface area (Å²) in [5.74, 6) is 0. The number of carbonyl (C=O) groups is 1. The SMILES string of the molecule is N#CC(NC(=O)n1cc(-c2ccnc3[nH]cnc23)cn1)c1ccccc1. The first-order valence-corrected chi connectivity index (χ1v) is 7.85. The highest BCUT2D eigenvalue weighted by Gasteiger charge is 2.16. The number of amides is 1. The molecule has 2 N–H and O–H groups in total. The molecular formula is C18H13N7O. The van der Waals surface area contributed by atoms with Crippen LogP contribution < -0.4 is 5.32 Å². The largest absolute Gasteiger partial charge is 0.343 e. The number of benzene rings is 1. The first-order chi connectivity index (χ1) is 12.8. The predicted molar refractivity (Wildman–Crippen MR) is 93.8 cm³/mol. The molecule has 1 aromatic carbocycles. The van der Waals surface area contributed by atoms with Crippen LogP contribution in [0.15, 0.2) is 61.3 Å². The van der Waals surface area contributed by atoms with Crippen molar-refractivity contribution in [2.75, 3.05) is 0 Å². The number of aromatic nitrogens is 5. The summed E-state index contributed by atoms with van der Waals surface area (Å²) in [5, 5.41) is 16.1. The Balaban J connectivity index is 1.59. The topological polar surface area (TPSA) is 112 Å². The van der Waals surface area contributed by atoms with Gasteiger partial charge in [-0.3, -0.25) is 0 Å². The van der Waals surface area contributed by atoms with E-state index in [1.54, 1.807) is 37.1 Å². The summed E-state index contributed by atoms with van der Waals surface area (Å²) in [6, 6.07) is 11.7. The summed E-state index contributed by atoms with van der Waals surface area (Å²) in [7, 11) is 0. The molecule has 8 nitrogen and oxygen atoms in total. The molecule has 4 aromatic rings. The Morgan fingerprint density at radius 3 is 2.88 bits per heavy atom. The molecule has 0 aliphatic rings. The first-order valence-electron chi connectivity index (χ1n) is 7.85. The van der Waals surface area contributed by atoms with E-state index in [0.717, 1.165) is 11.1 Å². The van der Waals surface area contributed by atoms with Gasteiger partial charge in [0.15, 0.2) is 5.65 Å². The lowest BCUT2D eigenvalue weighted by molar-refractivity contribution is 0.238. The van der Waals surface area contributed by atoms with E-state index < -0.39 is 12.1 Å². The predicted octanol–water partition coefficient (Wildman–Crippen LogP) is 2.64. The van der Waals surface area contributed by atoms with Crippen molar-refractivity contribution >= 4 is 17.2 Å². The Morgan fingerprint density at radius 2 is 2.08 bits per heavy atom. The van der Waals surface area contributed by atoms with Crippen LogP contribution in [0.4, 0.5) is 4.79 Å². The fraction of sp³-hybridized carbons (Fsp3) is 0.0556. The van der Waals surface area contributed by atoms with Crippen molar-refractivity contribution in [1.82, 2.24) is 30.0 Å². The lowest BCUT2D eigenvalue weighted by Gasteiger charge is -2.11. The molecule has 1 amide bonds. The zero-order valence-corrected chi connectivity index (χ0v) is 13.5. The zero-order valence-electron chi connectivity index (χ0n) is 13.5. The van der Waals surface area contributed by atoms with Crippen LogP contribution in [0.1, 0.15) is 11.6 Å². The van der Waals surface area contributed by atoms with Gasteiger partial charge in [-0.1, -0.05) is 30.3 Å². The monoisotopic (exact) mass is 343 g/mol. The van der Waals surface area contributed by atoms with Gasteiger partial charge in [0.2, 0.25) is 0 Å². The molecule has 0 saturated heterocycles. The number of fused-ring (bicyclic) bond motifs is 1. The lowest BCUT2D eigenvalue weighted by atomic mass is 10.1. The zero-order chi connectivity index (χ0) is 17.9. The van der Waals surface area contributed by atoms with E-state index in [4.69, 9.17) is 0 Å². The fourth-order valence-corrected chi connectivity index (χ4v) is 2.68. The number of nitriles is 1. The molecule has 0 radical (unpaired) electrons. The molecule has 8 heteroatoms. The van der Waals surface area contributed by atoms with Crippen LogP contribution in [0.2, 0.25) is 0 Å². The van der Waals surface area contributed by atoms with Crippen LogP contribution in [0.3, 0.4) is 0 Å². The molecule has 0 aliphatic carbocycles. The van der Waals surface area contributed by atoms with Crippen molar-refractivity contribution in [3.8, 4) is 17.2 Å². The maximum atomic E-state index is 12.4. The van der Waals surface area contributed by atoms with Gasteiger partial charge in [0.05, 0.1) is 18.6 Å². The number of rotatable bonds is 3. The van der Waals surface area contributed by atoms with Gasteiger partial charge in [0.25, 0.3) is 0 Å². The van der Waals surface area contributed by atoms with E-state index in [1.807, 2.05) is 24.3 Å². The van der Waals surface area contributed by atoms with Crippen LogP contribution in [-0.2, 0) is 0 Å².